The molecule has 0 aromatic carbocycles. The number of hydrazine groups is 2. The number of amidine groups is 1. The largest absolute Gasteiger partial charge is 0.477 e. The van der Waals surface area contributed by atoms with Crippen LogP contribution < -0.4 is 16.2 Å². The van der Waals surface area contributed by atoms with Gasteiger partial charge in [-0.2, -0.15) is 8.42 Å². The minimum Gasteiger partial charge on any atom is -0.477 e. The molecule has 0 aromatic rings. The van der Waals surface area contributed by atoms with Crippen molar-refractivity contribution >= 4 is 74.3 Å². The Morgan fingerprint density at radius 2 is 2.21 bits per heavy atom. The van der Waals surface area contributed by atoms with Gasteiger partial charge < -0.3 is 15.7 Å². The number of carboxylic acids is 1. The molecule has 2 amide bonds. The second-order valence-electron chi connectivity index (χ2n) is 8.07. The van der Waals surface area contributed by atoms with Crippen molar-refractivity contribution in [1.29, 1.82) is 0 Å². The highest BCUT2D eigenvalue weighted by Crippen LogP contribution is 2.42. The lowest BCUT2D eigenvalue weighted by Gasteiger charge is -2.50. The Morgan fingerprint density at radius 1 is 1.44 bits per heavy atom. The van der Waals surface area contributed by atoms with E-state index in [2.05, 4.69) is 21.3 Å². The standard InChI is InChI=1S/C16H19N7O7S4/c24-5-17-8-1-7(8)12(31)18-10-13(25)22-11(15(26)27)6(3-32-14(10)22)4-33-16-19-20-23-9(2-21(16)23)34(28,29)30/h5,7-10,14,20H,1-4H2,(H,17,24)(H,18,31)(H,26,27)(H,28,29,30)/t7-,8+,9?,10?,14-/m0/s1. The van der Waals surface area contributed by atoms with Crippen LogP contribution in [0.1, 0.15) is 6.42 Å². The number of thiocarbonyl (C=S) groups is 1. The van der Waals surface area contributed by atoms with Crippen LogP contribution in [0.3, 0.4) is 0 Å². The van der Waals surface area contributed by atoms with Crippen molar-refractivity contribution in [1.82, 2.24) is 31.2 Å². The average molecular weight is 550 g/mol. The molecule has 34 heavy (non-hydrogen) atoms. The van der Waals surface area contributed by atoms with Gasteiger partial charge in [-0.15, -0.1) is 16.9 Å². The van der Waals surface area contributed by atoms with E-state index in [0.717, 1.165) is 0 Å². The Bertz CT molecular complexity index is 1140. The minimum atomic E-state index is -4.26. The van der Waals surface area contributed by atoms with E-state index in [1.165, 1.54) is 38.6 Å². The monoisotopic (exact) mass is 549 g/mol. The van der Waals surface area contributed by atoms with Crippen LogP contribution in [-0.4, -0.2) is 102 Å². The van der Waals surface area contributed by atoms with Gasteiger partial charge in [0, 0.05) is 23.5 Å². The second-order valence-corrected chi connectivity index (χ2v) is 12.1. The molecular weight excluding hydrogens is 530 g/mol. The number of carbonyl (C=O) groups excluding carboxylic acids is 2. The summed E-state index contributed by atoms with van der Waals surface area (Å²) >= 11 is 7.98. The summed E-state index contributed by atoms with van der Waals surface area (Å²) in [5.41, 5.74) is 2.98. The van der Waals surface area contributed by atoms with Gasteiger partial charge in [0.15, 0.2) is 5.37 Å². The zero-order valence-electron chi connectivity index (χ0n) is 17.2. The van der Waals surface area contributed by atoms with E-state index >= 15 is 0 Å². The van der Waals surface area contributed by atoms with Crippen molar-refractivity contribution in [2.75, 3.05) is 18.1 Å². The van der Waals surface area contributed by atoms with E-state index < -0.39 is 32.9 Å². The lowest BCUT2D eigenvalue weighted by atomic mass is 10.0. The van der Waals surface area contributed by atoms with Crippen LogP contribution in [0, 0.1) is 5.92 Å². The predicted octanol–water partition coefficient (Wildman–Crippen LogP) is -2.07. The molecule has 184 valence electrons. The summed E-state index contributed by atoms with van der Waals surface area (Å²) in [6.45, 7) is 0.0153. The number of thioether (sulfide) groups is 2. The van der Waals surface area contributed by atoms with E-state index in [1.54, 1.807) is 0 Å². The molecule has 18 heteroatoms. The summed E-state index contributed by atoms with van der Waals surface area (Å²) in [7, 11) is -4.26. The van der Waals surface area contributed by atoms with E-state index in [4.69, 9.17) is 12.2 Å². The van der Waals surface area contributed by atoms with Gasteiger partial charge in [-0.1, -0.05) is 29.1 Å². The molecule has 4 heterocycles. The fraction of sp³-hybridized carbons (Fsp3) is 0.562. The van der Waals surface area contributed by atoms with E-state index in [-0.39, 0.29) is 35.9 Å². The van der Waals surface area contributed by atoms with Crippen LogP contribution in [0.4, 0.5) is 0 Å². The van der Waals surface area contributed by atoms with Gasteiger partial charge in [0.25, 0.3) is 16.0 Å². The van der Waals surface area contributed by atoms with Gasteiger partial charge in [-0.05, 0) is 12.0 Å². The maximum atomic E-state index is 12.8. The Kier molecular flexibility index (Phi) is 5.92. The molecule has 5 rings (SSSR count). The SMILES string of the molecule is O=CN[C@@H]1C[C@@H]1C(=S)NC1C(=O)N2C(C(=O)O)=C(CSC3=NNN4C(S(=O)(=O)O)CN34)CS[C@@H]12. The molecule has 5 aliphatic rings. The van der Waals surface area contributed by atoms with Gasteiger partial charge in [0.1, 0.15) is 17.1 Å². The third-order valence-corrected chi connectivity index (χ3v) is 9.86. The molecule has 5 N–H and O–H groups in total. The highest BCUT2D eigenvalue weighted by molar-refractivity contribution is 8.14. The summed E-state index contributed by atoms with van der Waals surface area (Å²) in [6, 6.07) is -0.669. The van der Waals surface area contributed by atoms with Crippen LogP contribution in [-0.2, 0) is 24.5 Å². The van der Waals surface area contributed by atoms with Crippen LogP contribution in [0.25, 0.3) is 0 Å². The van der Waals surface area contributed by atoms with Gasteiger partial charge in [-0.25, -0.2) is 10.3 Å². The summed E-state index contributed by atoms with van der Waals surface area (Å²) < 4.78 is 31.8. The number of rotatable bonds is 8. The molecular formula is C16H19N7O7S4. The van der Waals surface area contributed by atoms with Crippen LogP contribution in [0.15, 0.2) is 16.4 Å². The summed E-state index contributed by atoms with van der Waals surface area (Å²) in [5.74, 6) is -1.02. The molecule has 5 atom stereocenters. The number of carbonyl (C=O) groups is 3. The van der Waals surface area contributed by atoms with Gasteiger partial charge in [-0.3, -0.25) is 24.1 Å². The van der Waals surface area contributed by atoms with Gasteiger partial charge in [0.05, 0.1) is 11.5 Å². The second kappa shape index (κ2) is 8.52. The molecule has 0 radical (unpaired) electrons. The van der Waals surface area contributed by atoms with E-state index in [1.807, 2.05) is 0 Å². The minimum absolute atomic E-state index is 0.0153. The first-order valence-corrected chi connectivity index (χ1v) is 14.0. The first-order valence-electron chi connectivity index (χ1n) is 10.0. The number of β-lactam (4-membered cyclic amide) rings is 1. The highest BCUT2D eigenvalue weighted by atomic mass is 32.2. The van der Waals surface area contributed by atoms with Crippen molar-refractivity contribution in [3.05, 3.63) is 11.3 Å². The van der Waals surface area contributed by atoms with Crippen LogP contribution in [0.2, 0.25) is 0 Å². The summed E-state index contributed by atoms with van der Waals surface area (Å²) in [6.07, 6.45) is 1.32. The Morgan fingerprint density at radius 3 is 2.88 bits per heavy atom. The topological polar surface area (TPSA) is 184 Å². The molecule has 4 aliphatic heterocycles. The number of nitrogens with zero attached hydrogens (tertiary/aromatic N) is 4. The van der Waals surface area contributed by atoms with Crippen LogP contribution >= 0.6 is 35.7 Å². The quantitative estimate of drug-likeness (QED) is 0.0962. The first kappa shape index (κ1) is 23.6. The third-order valence-electron chi connectivity index (χ3n) is 6.01. The molecule has 0 spiro atoms. The average Bonchev–Trinajstić information content (AvgIpc) is 3.45. The van der Waals surface area contributed by atoms with Crippen molar-refractivity contribution in [3.8, 4) is 0 Å². The number of fused-ring (bicyclic) bond motifs is 2. The number of nitrogens with one attached hydrogen (secondary N) is 3. The number of hydrazone groups is 1. The lowest BCUT2D eigenvalue weighted by Crippen LogP contribution is -2.70. The Labute approximate surface area is 207 Å². The fourth-order valence-corrected chi connectivity index (χ4v) is 7.67. The molecule has 1 saturated carbocycles. The summed E-state index contributed by atoms with van der Waals surface area (Å²) in [4.78, 5) is 37.2. The smallest absolute Gasteiger partial charge is 0.352 e. The number of aliphatic carboxylic acids is 1. The lowest BCUT2D eigenvalue weighted by molar-refractivity contribution is -0.148. The summed E-state index contributed by atoms with van der Waals surface area (Å²) in [5, 5.41) is 21.1. The first-order chi connectivity index (χ1) is 16.1. The van der Waals surface area contributed by atoms with Crippen molar-refractivity contribution in [3.63, 3.8) is 0 Å². The number of hydrogen-bond acceptors (Lipinski definition) is 12. The fourth-order valence-electron chi connectivity index (χ4n) is 4.10. The molecule has 0 bridgehead atoms. The normalized spacial score (nSPS) is 32.0. The molecule has 2 saturated heterocycles. The third kappa shape index (κ3) is 3.91. The molecule has 3 fully saturated rings. The van der Waals surface area contributed by atoms with Gasteiger partial charge in [0.2, 0.25) is 11.6 Å². The zero-order valence-corrected chi connectivity index (χ0v) is 20.4. The van der Waals surface area contributed by atoms with E-state index in [0.29, 0.717) is 34.3 Å². The van der Waals surface area contributed by atoms with E-state index in [9.17, 15) is 32.5 Å². The van der Waals surface area contributed by atoms with Crippen LogP contribution in [0.5, 0.6) is 0 Å². The van der Waals surface area contributed by atoms with Crippen molar-refractivity contribution in [2.45, 2.75) is 29.3 Å². The zero-order chi connectivity index (χ0) is 24.4. The van der Waals surface area contributed by atoms with Crippen molar-refractivity contribution in [2.24, 2.45) is 11.0 Å². The number of amides is 2. The number of hydrogen-bond donors (Lipinski definition) is 5. The molecule has 2 unspecified atom stereocenters. The Balaban J connectivity index is 1.21. The molecule has 14 nitrogen and oxygen atoms in total. The van der Waals surface area contributed by atoms with Crippen molar-refractivity contribution < 1.29 is 32.5 Å². The maximum Gasteiger partial charge on any atom is 0.352 e. The van der Waals surface area contributed by atoms with Gasteiger partial charge >= 0.3 is 5.97 Å². The number of carboxylic acid groups (broad SMARTS) is 1. The maximum absolute atomic E-state index is 12.8. The molecule has 0 aromatic heterocycles. The Hall–Kier alpha value is -2.12. The molecule has 1 aliphatic carbocycles. The highest BCUT2D eigenvalue weighted by Gasteiger charge is 2.55. The predicted molar refractivity (Wildman–Crippen MR) is 125 cm³/mol.